The second-order valence-corrected chi connectivity index (χ2v) is 4.09. The van der Waals surface area contributed by atoms with E-state index >= 15 is 0 Å². The van der Waals surface area contributed by atoms with Gasteiger partial charge in [0.15, 0.2) is 0 Å². The normalized spacial score (nSPS) is 12.5. The van der Waals surface area contributed by atoms with Gasteiger partial charge in [0, 0.05) is 23.6 Å². The predicted molar refractivity (Wildman–Crippen MR) is 67.6 cm³/mol. The molecule has 0 spiro atoms. The number of fused-ring (bicyclic) bond motifs is 1. The van der Waals surface area contributed by atoms with Crippen LogP contribution in [0.5, 0.6) is 0 Å². The maximum Gasteiger partial charge on any atom is 0.250 e. The first-order valence-corrected chi connectivity index (χ1v) is 5.43. The van der Waals surface area contributed by atoms with Gasteiger partial charge >= 0.3 is 0 Å². The molecule has 94 valence electrons. The largest absolute Gasteiger partial charge is 0.368 e. The maximum atomic E-state index is 11.3. The molecule has 0 bridgehead atoms. The number of benzene rings is 1. The summed E-state index contributed by atoms with van der Waals surface area (Å²) in [6.45, 7) is 0.211. The first-order chi connectivity index (χ1) is 8.50. The van der Waals surface area contributed by atoms with Gasteiger partial charge in [0.1, 0.15) is 6.04 Å². The van der Waals surface area contributed by atoms with Gasteiger partial charge in [-0.3, -0.25) is 9.59 Å². The van der Waals surface area contributed by atoms with Crippen molar-refractivity contribution in [3.63, 3.8) is 0 Å². The van der Waals surface area contributed by atoms with Gasteiger partial charge in [-0.15, -0.1) is 0 Å². The molecule has 0 radical (unpaired) electrons. The number of rotatable bonds is 4. The van der Waals surface area contributed by atoms with Gasteiger partial charge in [0.05, 0.1) is 5.56 Å². The van der Waals surface area contributed by atoms with E-state index in [0.29, 0.717) is 5.56 Å². The van der Waals surface area contributed by atoms with Crippen LogP contribution in [0.1, 0.15) is 10.4 Å². The lowest BCUT2D eigenvalue weighted by Gasteiger charge is -2.09. The van der Waals surface area contributed by atoms with Gasteiger partial charge in [-0.05, 0) is 6.07 Å². The smallest absolute Gasteiger partial charge is 0.250 e. The van der Waals surface area contributed by atoms with Gasteiger partial charge in [0.2, 0.25) is 5.91 Å². The molecule has 1 aromatic carbocycles. The van der Waals surface area contributed by atoms with Crippen molar-refractivity contribution in [2.45, 2.75) is 12.6 Å². The highest BCUT2D eigenvalue weighted by Crippen LogP contribution is 2.21. The lowest BCUT2D eigenvalue weighted by atomic mass is 10.2. The maximum absolute atomic E-state index is 11.3. The van der Waals surface area contributed by atoms with E-state index in [9.17, 15) is 9.59 Å². The molecule has 1 aromatic heterocycles. The number of aromatic nitrogens is 1. The van der Waals surface area contributed by atoms with E-state index in [-0.39, 0.29) is 6.54 Å². The Kier molecular flexibility index (Phi) is 3.03. The number of nitrogens with two attached hydrogens (primary N) is 3. The molecule has 1 unspecified atom stereocenters. The minimum Gasteiger partial charge on any atom is -0.368 e. The average Bonchev–Trinajstić information content (AvgIpc) is 2.68. The third-order valence-corrected chi connectivity index (χ3v) is 2.81. The SMILES string of the molecule is NC(=O)c1cn(CC(N)C(N)=O)c2ccccc12. The summed E-state index contributed by atoms with van der Waals surface area (Å²) in [6, 6.07) is 6.46. The van der Waals surface area contributed by atoms with Crippen molar-refractivity contribution in [1.82, 2.24) is 4.57 Å². The molecule has 2 amide bonds. The second kappa shape index (κ2) is 4.50. The molecule has 1 atom stereocenters. The highest BCUT2D eigenvalue weighted by Gasteiger charge is 2.15. The average molecular weight is 246 g/mol. The van der Waals surface area contributed by atoms with Crippen LogP contribution in [0.4, 0.5) is 0 Å². The van der Waals surface area contributed by atoms with Crippen molar-refractivity contribution >= 4 is 22.7 Å². The number of hydrogen-bond donors (Lipinski definition) is 3. The van der Waals surface area contributed by atoms with Crippen molar-refractivity contribution in [2.75, 3.05) is 0 Å². The minimum atomic E-state index is -0.804. The summed E-state index contributed by atoms with van der Waals surface area (Å²) < 4.78 is 1.71. The molecular formula is C12H14N4O2. The van der Waals surface area contributed by atoms with Crippen molar-refractivity contribution in [3.05, 3.63) is 36.0 Å². The number of carbonyl (C=O) groups is 2. The molecule has 6 heteroatoms. The first-order valence-electron chi connectivity index (χ1n) is 5.43. The Hall–Kier alpha value is -2.34. The highest BCUT2D eigenvalue weighted by atomic mass is 16.1. The Morgan fingerprint density at radius 1 is 1.22 bits per heavy atom. The molecule has 1 heterocycles. The summed E-state index contributed by atoms with van der Waals surface area (Å²) >= 11 is 0. The van der Waals surface area contributed by atoms with Gasteiger partial charge in [-0.1, -0.05) is 18.2 Å². The molecule has 0 saturated heterocycles. The quantitative estimate of drug-likeness (QED) is 0.678. The summed E-state index contributed by atoms with van der Waals surface area (Å²) in [5.41, 5.74) is 17.2. The number of hydrogen-bond acceptors (Lipinski definition) is 3. The van der Waals surface area contributed by atoms with Crippen LogP contribution in [0, 0.1) is 0 Å². The van der Waals surface area contributed by atoms with E-state index < -0.39 is 17.9 Å². The van der Waals surface area contributed by atoms with Crippen LogP contribution < -0.4 is 17.2 Å². The Balaban J connectivity index is 2.51. The molecule has 0 aliphatic rings. The molecule has 2 rings (SSSR count). The first kappa shape index (κ1) is 12.1. The lowest BCUT2D eigenvalue weighted by molar-refractivity contribution is -0.119. The van der Waals surface area contributed by atoms with E-state index in [1.54, 1.807) is 16.8 Å². The van der Waals surface area contributed by atoms with Gasteiger partial charge in [-0.25, -0.2) is 0 Å². The Morgan fingerprint density at radius 3 is 2.50 bits per heavy atom. The minimum absolute atomic E-state index is 0.211. The predicted octanol–water partition coefficient (Wildman–Crippen LogP) is -0.447. The number of nitrogens with zero attached hydrogens (tertiary/aromatic N) is 1. The fourth-order valence-electron chi connectivity index (χ4n) is 1.90. The topological polar surface area (TPSA) is 117 Å². The van der Waals surface area contributed by atoms with Crippen LogP contribution in [0.3, 0.4) is 0 Å². The molecule has 0 aliphatic heterocycles. The van der Waals surface area contributed by atoms with Crippen LogP contribution in [-0.4, -0.2) is 22.4 Å². The Labute approximate surface area is 103 Å². The molecule has 18 heavy (non-hydrogen) atoms. The van der Waals surface area contributed by atoms with E-state index in [0.717, 1.165) is 10.9 Å². The fourth-order valence-corrected chi connectivity index (χ4v) is 1.90. The number of primary amides is 2. The van der Waals surface area contributed by atoms with Crippen molar-refractivity contribution in [1.29, 1.82) is 0 Å². The van der Waals surface area contributed by atoms with Gasteiger partial charge in [-0.2, -0.15) is 0 Å². The second-order valence-electron chi connectivity index (χ2n) is 4.09. The fraction of sp³-hybridized carbons (Fsp3) is 0.167. The summed E-state index contributed by atoms with van der Waals surface area (Å²) in [6.07, 6.45) is 1.59. The molecular weight excluding hydrogens is 232 g/mol. The van der Waals surface area contributed by atoms with Crippen LogP contribution in [0.2, 0.25) is 0 Å². The zero-order chi connectivity index (χ0) is 13.3. The van der Waals surface area contributed by atoms with Crippen molar-refractivity contribution in [2.24, 2.45) is 17.2 Å². The Morgan fingerprint density at radius 2 is 1.89 bits per heavy atom. The molecule has 2 aromatic rings. The zero-order valence-corrected chi connectivity index (χ0v) is 9.67. The zero-order valence-electron chi connectivity index (χ0n) is 9.67. The number of amides is 2. The number of para-hydroxylation sites is 1. The molecule has 0 aliphatic carbocycles. The lowest BCUT2D eigenvalue weighted by Crippen LogP contribution is -2.39. The number of carbonyl (C=O) groups excluding carboxylic acids is 2. The van der Waals surface area contributed by atoms with E-state index in [4.69, 9.17) is 17.2 Å². The van der Waals surface area contributed by atoms with Crippen molar-refractivity contribution < 1.29 is 9.59 Å². The van der Waals surface area contributed by atoms with Crippen LogP contribution in [0.25, 0.3) is 10.9 Å². The standard InChI is InChI=1S/C12H14N4O2/c13-9(12(15)18)6-16-5-8(11(14)17)7-3-1-2-4-10(7)16/h1-5,9H,6,13H2,(H2,14,17)(H2,15,18). The molecule has 6 nitrogen and oxygen atoms in total. The van der Waals surface area contributed by atoms with Crippen LogP contribution in [0.15, 0.2) is 30.5 Å². The molecule has 6 N–H and O–H groups in total. The van der Waals surface area contributed by atoms with Crippen molar-refractivity contribution in [3.8, 4) is 0 Å². The van der Waals surface area contributed by atoms with Crippen LogP contribution in [-0.2, 0) is 11.3 Å². The summed E-state index contributed by atoms with van der Waals surface area (Å²) in [4.78, 5) is 22.3. The third-order valence-electron chi connectivity index (χ3n) is 2.81. The third kappa shape index (κ3) is 2.05. The Bertz CT molecular complexity index is 618. The highest BCUT2D eigenvalue weighted by molar-refractivity contribution is 6.06. The monoisotopic (exact) mass is 246 g/mol. The molecule has 0 fully saturated rings. The van der Waals surface area contributed by atoms with Gasteiger partial charge < -0.3 is 21.8 Å². The van der Waals surface area contributed by atoms with Gasteiger partial charge in [0.25, 0.3) is 5.91 Å². The van der Waals surface area contributed by atoms with E-state index in [1.807, 2.05) is 18.2 Å². The van der Waals surface area contributed by atoms with Crippen LogP contribution >= 0.6 is 0 Å². The van der Waals surface area contributed by atoms with E-state index in [1.165, 1.54) is 0 Å². The summed E-state index contributed by atoms with van der Waals surface area (Å²) in [5, 5.41) is 0.738. The van der Waals surface area contributed by atoms with E-state index in [2.05, 4.69) is 0 Å². The summed E-state index contributed by atoms with van der Waals surface area (Å²) in [5.74, 6) is -1.11. The summed E-state index contributed by atoms with van der Waals surface area (Å²) in [7, 11) is 0. The molecule has 0 saturated carbocycles.